The molecule has 6 nitrogen and oxygen atoms in total. The molecule has 0 amide bonds. The number of nitrogen functional groups attached to an aromatic ring is 1. The number of fused-ring (bicyclic) bond motifs is 1. The quantitative estimate of drug-likeness (QED) is 0.510. The number of nitrogens with one attached hydrogen (secondary N) is 1. The summed E-state index contributed by atoms with van der Waals surface area (Å²) in [5, 5.41) is 2.98. The van der Waals surface area contributed by atoms with Crippen molar-refractivity contribution in [2.24, 2.45) is 10.7 Å². The Bertz CT molecular complexity index is 1120. The van der Waals surface area contributed by atoms with E-state index in [1.165, 1.54) is 13.0 Å². The van der Waals surface area contributed by atoms with Gasteiger partial charge in [-0.1, -0.05) is 25.1 Å². The molecule has 0 aliphatic carbocycles. The number of nitrogens with zero attached hydrogens (tertiary/aromatic N) is 1. The van der Waals surface area contributed by atoms with Crippen LogP contribution in [-0.4, -0.2) is 19.8 Å². The highest BCUT2D eigenvalue weighted by Gasteiger charge is 2.49. The van der Waals surface area contributed by atoms with Gasteiger partial charge in [-0.25, -0.2) is 17.8 Å². The van der Waals surface area contributed by atoms with E-state index in [1.54, 1.807) is 25.1 Å². The van der Waals surface area contributed by atoms with Gasteiger partial charge in [-0.05, 0) is 30.7 Å². The average Bonchev–Trinajstić information content (AvgIpc) is 2.59. The summed E-state index contributed by atoms with van der Waals surface area (Å²) in [6.07, 6.45) is 0. The molecule has 0 aromatic heterocycles. The number of rotatable bonds is 3. The molecule has 0 bridgehead atoms. The third kappa shape index (κ3) is 3.33. The highest BCUT2D eigenvalue weighted by Crippen LogP contribution is 2.44. The van der Waals surface area contributed by atoms with Crippen molar-refractivity contribution in [2.45, 2.75) is 35.8 Å². The van der Waals surface area contributed by atoms with Gasteiger partial charge in [-0.2, -0.15) is 13.2 Å². The zero-order valence-corrected chi connectivity index (χ0v) is 16.2. The number of anilines is 2. The number of halogens is 4. The number of nitrogens with two attached hydrogens (primary N) is 2. The fraction of sp³-hybridized carbons (Fsp3) is 0.278. The van der Waals surface area contributed by atoms with E-state index >= 15 is 0 Å². The van der Waals surface area contributed by atoms with Crippen molar-refractivity contribution < 1.29 is 26.0 Å². The smallest absolute Gasteiger partial charge is 0.399 e. The maximum atomic E-state index is 15.0. The Kier molecular flexibility index (Phi) is 4.86. The predicted octanol–water partition coefficient (Wildman–Crippen LogP) is 3.46. The second kappa shape index (κ2) is 6.70. The second-order valence-corrected chi connectivity index (χ2v) is 8.69. The van der Waals surface area contributed by atoms with Gasteiger partial charge in [0.1, 0.15) is 22.2 Å². The molecule has 0 spiro atoms. The van der Waals surface area contributed by atoms with Crippen LogP contribution in [0.15, 0.2) is 46.3 Å². The van der Waals surface area contributed by atoms with E-state index in [1.807, 2.05) is 0 Å². The van der Waals surface area contributed by atoms with Gasteiger partial charge in [0, 0.05) is 22.9 Å². The molecule has 29 heavy (non-hydrogen) atoms. The lowest BCUT2D eigenvalue weighted by molar-refractivity contribution is -0.0437. The first kappa shape index (κ1) is 21.1. The molecular formula is C18H18F4N4O2S. The Morgan fingerprint density at radius 2 is 1.86 bits per heavy atom. The third-order valence-electron chi connectivity index (χ3n) is 4.86. The van der Waals surface area contributed by atoms with Crippen molar-refractivity contribution in [3.8, 4) is 0 Å². The Morgan fingerprint density at radius 3 is 2.48 bits per heavy atom. The van der Waals surface area contributed by atoms with Crippen LogP contribution in [0.4, 0.5) is 28.9 Å². The Morgan fingerprint density at radius 1 is 1.21 bits per heavy atom. The van der Waals surface area contributed by atoms with Crippen molar-refractivity contribution in [3.63, 3.8) is 0 Å². The lowest BCUT2D eigenvalue weighted by Gasteiger charge is -2.38. The Balaban J connectivity index is 2.18. The molecule has 1 heterocycles. The second-order valence-electron chi connectivity index (χ2n) is 6.78. The van der Waals surface area contributed by atoms with Gasteiger partial charge in [-0.15, -0.1) is 0 Å². The van der Waals surface area contributed by atoms with Gasteiger partial charge >= 0.3 is 5.51 Å². The van der Waals surface area contributed by atoms with Crippen LogP contribution in [0.2, 0.25) is 0 Å². The number of aliphatic imine (C=N–C) groups is 1. The first-order valence-corrected chi connectivity index (χ1v) is 9.89. The van der Waals surface area contributed by atoms with Crippen molar-refractivity contribution in [1.82, 2.24) is 0 Å². The Hall–Kier alpha value is -2.66. The maximum Gasteiger partial charge on any atom is 0.502 e. The lowest BCUT2D eigenvalue weighted by Crippen LogP contribution is -2.44. The summed E-state index contributed by atoms with van der Waals surface area (Å²) in [5.41, 5.74) is 6.16. The van der Waals surface area contributed by atoms with Crippen LogP contribution in [0.5, 0.6) is 0 Å². The van der Waals surface area contributed by atoms with Crippen molar-refractivity contribution in [1.29, 1.82) is 0 Å². The average molecular weight is 430 g/mol. The molecule has 2 aromatic rings. The molecule has 2 atom stereocenters. The van der Waals surface area contributed by atoms with Gasteiger partial charge in [0.2, 0.25) is 0 Å². The minimum atomic E-state index is -5.87. The largest absolute Gasteiger partial charge is 0.502 e. The molecule has 3 rings (SSSR count). The molecule has 0 fully saturated rings. The first-order chi connectivity index (χ1) is 13.3. The predicted molar refractivity (Wildman–Crippen MR) is 102 cm³/mol. The van der Waals surface area contributed by atoms with Crippen LogP contribution in [0.25, 0.3) is 0 Å². The van der Waals surface area contributed by atoms with Crippen LogP contribution in [-0.2, 0) is 15.5 Å². The molecule has 11 heteroatoms. The fourth-order valence-electron chi connectivity index (χ4n) is 3.34. The number of benzene rings is 2. The summed E-state index contributed by atoms with van der Waals surface area (Å²) in [4.78, 5) is 2.89. The fourth-order valence-corrected chi connectivity index (χ4v) is 4.20. The summed E-state index contributed by atoms with van der Waals surface area (Å²) < 4.78 is 77.3. The molecule has 1 aliphatic heterocycles. The third-order valence-corrected chi connectivity index (χ3v) is 6.36. The van der Waals surface area contributed by atoms with Crippen LogP contribution in [0.1, 0.15) is 30.9 Å². The zero-order valence-electron chi connectivity index (χ0n) is 15.4. The summed E-state index contributed by atoms with van der Waals surface area (Å²) in [5.74, 6) is -2.13. The normalized spacial score (nSPS) is 20.4. The summed E-state index contributed by atoms with van der Waals surface area (Å²) >= 11 is 0. The van der Waals surface area contributed by atoms with Gasteiger partial charge in [0.15, 0.2) is 0 Å². The highest BCUT2D eigenvalue weighted by atomic mass is 32.2. The number of sulfone groups is 1. The highest BCUT2D eigenvalue weighted by molar-refractivity contribution is 7.92. The molecular weight excluding hydrogens is 412 g/mol. The summed E-state index contributed by atoms with van der Waals surface area (Å²) in [6.45, 7) is 3.08. The van der Waals surface area contributed by atoms with Gasteiger partial charge in [-0.3, -0.25) is 0 Å². The van der Waals surface area contributed by atoms with Gasteiger partial charge < -0.3 is 16.8 Å². The van der Waals surface area contributed by atoms with E-state index in [-0.39, 0.29) is 5.56 Å². The molecule has 1 aliphatic rings. The van der Waals surface area contributed by atoms with E-state index in [2.05, 4.69) is 10.3 Å². The van der Waals surface area contributed by atoms with Crippen molar-refractivity contribution >= 4 is 27.0 Å². The van der Waals surface area contributed by atoms with E-state index in [4.69, 9.17) is 11.5 Å². The number of hydrogen-bond donors (Lipinski definition) is 3. The molecule has 2 aromatic carbocycles. The standard InChI is InChI=1S/C18H18F4N4O2S/c1-9(12-4-3-5-15(16(12)19)29(27,28)18(20,21)22)17(24)13-7-6-11(23)8-14(13)25-10(2)26-17/h3-9H,23-24H2,1-2H3,(H,25,26). The number of alkyl halides is 3. The van der Waals surface area contributed by atoms with Crippen LogP contribution >= 0.6 is 0 Å². The molecule has 156 valence electrons. The summed E-state index contributed by atoms with van der Waals surface area (Å²) in [7, 11) is -5.87. The van der Waals surface area contributed by atoms with Crippen LogP contribution in [0, 0.1) is 5.82 Å². The minimum Gasteiger partial charge on any atom is -0.399 e. The minimum absolute atomic E-state index is 0.306. The zero-order chi connectivity index (χ0) is 21.8. The van der Waals surface area contributed by atoms with Crippen LogP contribution < -0.4 is 16.8 Å². The maximum absolute atomic E-state index is 15.0. The monoisotopic (exact) mass is 430 g/mol. The van der Waals surface area contributed by atoms with E-state index < -0.39 is 37.6 Å². The van der Waals surface area contributed by atoms with E-state index in [0.29, 0.717) is 28.8 Å². The number of hydrogen-bond acceptors (Lipinski definition) is 6. The van der Waals surface area contributed by atoms with Gasteiger partial charge in [0.05, 0.1) is 0 Å². The Labute approximate surface area is 164 Å². The molecule has 5 N–H and O–H groups in total. The molecule has 0 saturated carbocycles. The SMILES string of the molecule is CC1=NC(N)(C(C)c2cccc(S(=O)(=O)C(F)(F)F)c2F)c2ccc(N)cc2N1. The number of amidine groups is 1. The molecule has 2 unspecified atom stereocenters. The topological polar surface area (TPSA) is 111 Å². The van der Waals surface area contributed by atoms with E-state index in [0.717, 1.165) is 6.07 Å². The lowest BCUT2D eigenvalue weighted by atomic mass is 9.81. The first-order valence-electron chi connectivity index (χ1n) is 8.41. The molecule has 0 radical (unpaired) electrons. The van der Waals surface area contributed by atoms with Crippen molar-refractivity contribution in [2.75, 3.05) is 11.1 Å². The van der Waals surface area contributed by atoms with E-state index in [9.17, 15) is 26.0 Å². The molecule has 0 saturated heterocycles. The summed E-state index contributed by atoms with van der Waals surface area (Å²) in [6, 6.07) is 7.54. The van der Waals surface area contributed by atoms with Crippen LogP contribution in [0.3, 0.4) is 0 Å². The van der Waals surface area contributed by atoms with Crippen molar-refractivity contribution in [3.05, 3.63) is 53.3 Å². The van der Waals surface area contributed by atoms with Gasteiger partial charge in [0.25, 0.3) is 9.84 Å².